The van der Waals surface area contributed by atoms with Crippen molar-refractivity contribution in [3.8, 4) is 11.3 Å². The van der Waals surface area contributed by atoms with E-state index in [-0.39, 0.29) is 11.9 Å². The lowest BCUT2D eigenvalue weighted by Crippen LogP contribution is -2.21. The van der Waals surface area contributed by atoms with E-state index in [0.29, 0.717) is 34.0 Å². The fourth-order valence-electron chi connectivity index (χ4n) is 2.65. The summed E-state index contributed by atoms with van der Waals surface area (Å²) in [6.45, 7) is 7.70. The van der Waals surface area contributed by atoms with Gasteiger partial charge in [-0.1, -0.05) is 13.8 Å². The molecule has 6 heteroatoms. The van der Waals surface area contributed by atoms with E-state index in [1.807, 2.05) is 0 Å². The molecule has 0 aliphatic carbocycles. The van der Waals surface area contributed by atoms with Gasteiger partial charge in [-0.3, -0.25) is 4.79 Å². The number of hydrogen-bond acceptors (Lipinski definition) is 4. The van der Waals surface area contributed by atoms with Crippen molar-refractivity contribution in [1.29, 1.82) is 0 Å². The second-order valence-corrected chi connectivity index (χ2v) is 6.17. The Morgan fingerprint density at radius 3 is 2.46 bits per heavy atom. The van der Waals surface area contributed by atoms with Crippen molar-refractivity contribution in [3.05, 3.63) is 41.0 Å². The van der Waals surface area contributed by atoms with Crippen LogP contribution in [0.2, 0.25) is 0 Å². The standard InChI is InChI=1S/C18H22FN3OS/c1-5-13(6-2)22-17-15(18(23)24)16(20-11(4)21-17)14-8-7-12(19)9-10(14)3/h7-9,13H,5-6H2,1-4H3,(H,23,24)(H,20,21,22). The number of carbonyl (C=O) groups is 1. The van der Waals surface area contributed by atoms with E-state index in [0.717, 1.165) is 12.8 Å². The molecule has 0 aliphatic heterocycles. The number of aromatic nitrogens is 2. The average Bonchev–Trinajstić information content (AvgIpc) is 2.51. The Labute approximate surface area is 147 Å². The van der Waals surface area contributed by atoms with Crippen molar-refractivity contribution in [2.24, 2.45) is 0 Å². The van der Waals surface area contributed by atoms with E-state index in [1.165, 1.54) is 12.1 Å². The molecule has 0 saturated heterocycles. The maximum atomic E-state index is 13.4. The van der Waals surface area contributed by atoms with Gasteiger partial charge in [-0.2, -0.15) is 0 Å². The molecule has 0 spiro atoms. The molecule has 2 aromatic rings. The highest BCUT2D eigenvalue weighted by Crippen LogP contribution is 2.31. The Morgan fingerprint density at radius 1 is 1.25 bits per heavy atom. The van der Waals surface area contributed by atoms with Crippen LogP contribution in [0.1, 0.15) is 48.4 Å². The van der Waals surface area contributed by atoms with Gasteiger partial charge in [-0.05, 0) is 50.5 Å². The molecule has 1 N–H and O–H groups in total. The molecule has 2 rings (SSSR count). The predicted octanol–water partition coefficient (Wildman–Crippen LogP) is 4.57. The smallest absolute Gasteiger partial charge is 0.222 e. The van der Waals surface area contributed by atoms with Crippen LogP contribution in [0.3, 0.4) is 0 Å². The largest absolute Gasteiger partial charge is 0.367 e. The summed E-state index contributed by atoms with van der Waals surface area (Å²) < 4.78 is 13.4. The normalized spacial score (nSPS) is 11.0. The van der Waals surface area contributed by atoms with Crippen LogP contribution in [0.15, 0.2) is 18.2 Å². The van der Waals surface area contributed by atoms with Gasteiger partial charge >= 0.3 is 0 Å². The quantitative estimate of drug-likeness (QED) is 0.752. The fraction of sp³-hybridized carbons (Fsp3) is 0.389. The number of thiol groups is 1. The summed E-state index contributed by atoms with van der Waals surface area (Å²) in [5, 5.41) is 2.90. The molecule has 0 aliphatic rings. The topological polar surface area (TPSA) is 54.9 Å². The van der Waals surface area contributed by atoms with Gasteiger partial charge in [-0.25, -0.2) is 14.4 Å². The number of carbonyl (C=O) groups excluding carboxylic acids is 1. The first-order chi connectivity index (χ1) is 11.4. The minimum absolute atomic E-state index is 0.202. The van der Waals surface area contributed by atoms with Crippen LogP contribution in [0.4, 0.5) is 10.2 Å². The van der Waals surface area contributed by atoms with E-state index in [1.54, 1.807) is 19.9 Å². The zero-order valence-corrected chi connectivity index (χ0v) is 15.2. The number of anilines is 1. The maximum Gasteiger partial charge on any atom is 0.222 e. The number of nitrogens with zero attached hydrogens (tertiary/aromatic N) is 2. The Hall–Kier alpha value is -1.95. The van der Waals surface area contributed by atoms with E-state index < -0.39 is 5.12 Å². The summed E-state index contributed by atoms with van der Waals surface area (Å²) in [7, 11) is 0. The zero-order valence-electron chi connectivity index (χ0n) is 14.4. The number of rotatable bonds is 6. The molecule has 0 amide bonds. The fourth-order valence-corrected chi connectivity index (χ4v) is 2.87. The first-order valence-corrected chi connectivity index (χ1v) is 8.47. The third-order valence-corrected chi connectivity index (χ3v) is 4.23. The Kier molecular flexibility index (Phi) is 5.94. The minimum Gasteiger partial charge on any atom is -0.367 e. The van der Waals surface area contributed by atoms with E-state index >= 15 is 0 Å². The molecule has 24 heavy (non-hydrogen) atoms. The highest BCUT2D eigenvalue weighted by molar-refractivity contribution is 7.97. The molecule has 0 saturated carbocycles. The van der Waals surface area contributed by atoms with Crippen LogP contribution in [0.5, 0.6) is 0 Å². The summed E-state index contributed by atoms with van der Waals surface area (Å²) in [5.41, 5.74) is 2.21. The summed E-state index contributed by atoms with van der Waals surface area (Å²) in [4.78, 5) is 21.0. The van der Waals surface area contributed by atoms with E-state index in [2.05, 4.69) is 41.8 Å². The monoisotopic (exact) mass is 347 g/mol. The van der Waals surface area contributed by atoms with Crippen LogP contribution in [-0.2, 0) is 0 Å². The van der Waals surface area contributed by atoms with Gasteiger partial charge in [0.1, 0.15) is 17.5 Å². The van der Waals surface area contributed by atoms with Crippen LogP contribution < -0.4 is 5.32 Å². The van der Waals surface area contributed by atoms with Crippen LogP contribution in [-0.4, -0.2) is 21.1 Å². The number of benzene rings is 1. The number of aryl methyl sites for hydroxylation is 2. The molecule has 0 atom stereocenters. The maximum absolute atomic E-state index is 13.4. The Balaban J connectivity index is 2.67. The summed E-state index contributed by atoms with van der Waals surface area (Å²) in [6, 6.07) is 4.62. The Bertz CT molecular complexity index is 760. The molecule has 0 bridgehead atoms. The predicted molar refractivity (Wildman–Crippen MR) is 98.2 cm³/mol. The van der Waals surface area contributed by atoms with Gasteiger partial charge in [-0.15, -0.1) is 12.6 Å². The average molecular weight is 347 g/mol. The van der Waals surface area contributed by atoms with Crippen molar-refractivity contribution < 1.29 is 9.18 Å². The minimum atomic E-state index is -0.415. The molecular formula is C18H22FN3OS. The first kappa shape index (κ1) is 18.4. The van der Waals surface area contributed by atoms with Gasteiger partial charge in [0.25, 0.3) is 0 Å². The van der Waals surface area contributed by atoms with Crippen molar-refractivity contribution in [1.82, 2.24) is 9.97 Å². The second-order valence-electron chi connectivity index (χ2n) is 5.77. The van der Waals surface area contributed by atoms with Crippen LogP contribution in [0.25, 0.3) is 11.3 Å². The molecule has 1 aromatic heterocycles. The van der Waals surface area contributed by atoms with E-state index in [9.17, 15) is 9.18 Å². The van der Waals surface area contributed by atoms with Gasteiger partial charge in [0.2, 0.25) is 5.12 Å². The van der Waals surface area contributed by atoms with Crippen LogP contribution in [0, 0.1) is 19.7 Å². The highest BCUT2D eigenvalue weighted by Gasteiger charge is 2.21. The Morgan fingerprint density at radius 2 is 1.92 bits per heavy atom. The van der Waals surface area contributed by atoms with Crippen molar-refractivity contribution in [2.75, 3.05) is 5.32 Å². The lowest BCUT2D eigenvalue weighted by atomic mass is 10.0. The molecule has 1 aromatic carbocycles. The molecule has 1 heterocycles. The molecule has 0 unspecified atom stereocenters. The molecule has 4 nitrogen and oxygen atoms in total. The van der Waals surface area contributed by atoms with Crippen molar-refractivity contribution in [2.45, 2.75) is 46.6 Å². The SMILES string of the molecule is CCC(CC)Nc1nc(C)nc(-c2ccc(F)cc2C)c1C(=O)S. The number of halogens is 1. The molecule has 0 radical (unpaired) electrons. The van der Waals surface area contributed by atoms with Gasteiger partial charge in [0.15, 0.2) is 0 Å². The summed E-state index contributed by atoms with van der Waals surface area (Å²) >= 11 is 4.01. The summed E-state index contributed by atoms with van der Waals surface area (Å²) in [6.07, 6.45) is 1.81. The molecule has 0 fully saturated rings. The number of hydrogen-bond donors (Lipinski definition) is 2. The molecule has 128 valence electrons. The van der Waals surface area contributed by atoms with Gasteiger partial charge < -0.3 is 5.32 Å². The van der Waals surface area contributed by atoms with Gasteiger partial charge in [0, 0.05) is 11.6 Å². The summed E-state index contributed by atoms with van der Waals surface area (Å²) in [5.74, 6) is 0.701. The second kappa shape index (κ2) is 7.75. The van der Waals surface area contributed by atoms with Crippen molar-refractivity contribution in [3.63, 3.8) is 0 Å². The van der Waals surface area contributed by atoms with Gasteiger partial charge in [0.05, 0.1) is 11.3 Å². The molecular weight excluding hydrogens is 325 g/mol. The van der Waals surface area contributed by atoms with Crippen LogP contribution >= 0.6 is 12.6 Å². The highest BCUT2D eigenvalue weighted by atomic mass is 32.1. The lowest BCUT2D eigenvalue weighted by Gasteiger charge is -2.19. The van der Waals surface area contributed by atoms with E-state index in [4.69, 9.17) is 0 Å². The number of nitrogens with one attached hydrogen (secondary N) is 1. The zero-order chi connectivity index (χ0) is 17.9. The lowest BCUT2D eigenvalue weighted by molar-refractivity contribution is 0.109. The third kappa shape index (κ3) is 3.93. The third-order valence-electron chi connectivity index (χ3n) is 4.00. The first-order valence-electron chi connectivity index (χ1n) is 8.02. The van der Waals surface area contributed by atoms with Crippen molar-refractivity contribution >= 4 is 23.6 Å².